The summed E-state index contributed by atoms with van der Waals surface area (Å²) in [5.74, 6) is -2.88. The molecule has 350 valence electrons. The van der Waals surface area contributed by atoms with E-state index in [1.54, 1.807) is 70.3 Å². The highest BCUT2D eigenvalue weighted by Crippen LogP contribution is 2.58. The number of carbonyl (C=O) groups excluding carboxylic acids is 5. The summed E-state index contributed by atoms with van der Waals surface area (Å²) in [6.45, 7) is 9.46. The number of rotatable bonds is 21. The first-order valence-electron chi connectivity index (χ1n) is 23.0. The first-order chi connectivity index (χ1) is 30.5. The van der Waals surface area contributed by atoms with Gasteiger partial charge in [0.1, 0.15) is 35.4 Å². The number of nitrogens with zero attached hydrogens (tertiary/aromatic N) is 2. The minimum atomic E-state index is -1.40. The fraction of sp³-hybridized carbons (Fsp3) is 0.612. The van der Waals surface area contributed by atoms with E-state index < -0.39 is 77.1 Å². The second-order valence-electron chi connectivity index (χ2n) is 18.9. The Labute approximate surface area is 377 Å². The minimum Gasteiger partial charge on any atom is -0.460 e. The zero-order chi connectivity index (χ0) is 46.2. The Hall–Kier alpha value is -4.67. The summed E-state index contributed by atoms with van der Waals surface area (Å²) in [6, 6.07) is 12.6. The molecule has 6 rings (SSSR count). The van der Waals surface area contributed by atoms with E-state index in [0.717, 1.165) is 49.7 Å². The molecule has 4 fully saturated rings. The Morgan fingerprint density at radius 1 is 0.969 bits per heavy atom. The summed E-state index contributed by atoms with van der Waals surface area (Å²) in [7, 11) is 3.37. The molecule has 3 N–H and O–H groups in total. The van der Waals surface area contributed by atoms with Crippen molar-refractivity contribution in [1.29, 1.82) is 0 Å². The lowest BCUT2D eigenvalue weighted by atomic mass is 9.62. The summed E-state index contributed by atoms with van der Waals surface area (Å²) < 4.78 is 25.5. The number of likely N-dealkylation sites (N-methyl/N-ethyl adjacent to an activating group) is 1. The van der Waals surface area contributed by atoms with Crippen LogP contribution in [0.3, 0.4) is 0 Å². The van der Waals surface area contributed by atoms with Crippen molar-refractivity contribution >= 4 is 35.7 Å². The highest BCUT2D eigenvalue weighted by atomic mass is 16.8. The van der Waals surface area contributed by atoms with E-state index in [-0.39, 0.29) is 44.9 Å². The van der Waals surface area contributed by atoms with Crippen molar-refractivity contribution in [3.05, 3.63) is 76.9 Å². The molecule has 4 aliphatic rings. The van der Waals surface area contributed by atoms with Crippen molar-refractivity contribution in [3.63, 3.8) is 0 Å². The van der Waals surface area contributed by atoms with Crippen LogP contribution in [0.2, 0.25) is 0 Å². The number of aliphatic hydroxyl groups is 1. The van der Waals surface area contributed by atoms with Gasteiger partial charge in [-0.3, -0.25) is 28.8 Å². The molecule has 2 bridgehead atoms. The molecule has 0 spiro atoms. The number of hydrogen-bond donors (Lipinski definition) is 3. The minimum absolute atomic E-state index is 0.0238. The first-order valence-corrected chi connectivity index (χ1v) is 23.0. The quantitative estimate of drug-likeness (QED) is 0.0785. The molecular weight excluding hydrogens is 821 g/mol. The van der Waals surface area contributed by atoms with Gasteiger partial charge in [-0.1, -0.05) is 75.9 Å². The second-order valence-corrected chi connectivity index (χ2v) is 18.9. The SMILES string of the molecule is CCCCCC1(CCCCC)O[C@@H]2[C@H](O1)[C@H]1ON(Cc3ccc(C=CC(=O)N(C)C)cc3)[C@H]3C(=O)O[C@@H]2C[C@@]13C(=O)NCc1cccc(C(=O)N[C@H](CO)CCC(=O)OC(C)(C)C)c1. The van der Waals surface area contributed by atoms with Crippen LogP contribution in [0, 0.1) is 5.41 Å². The molecule has 3 saturated heterocycles. The van der Waals surface area contributed by atoms with Crippen LogP contribution in [-0.2, 0) is 56.1 Å². The zero-order valence-corrected chi connectivity index (χ0v) is 38.6. The fourth-order valence-electron chi connectivity index (χ4n) is 9.26. The Balaban J connectivity index is 1.23. The summed E-state index contributed by atoms with van der Waals surface area (Å²) >= 11 is 0. The Morgan fingerprint density at radius 2 is 1.66 bits per heavy atom. The lowest BCUT2D eigenvalue weighted by molar-refractivity contribution is -0.224. The van der Waals surface area contributed by atoms with Gasteiger partial charge in [-0.2, -0.15) is 5.06 Å². The summed E-state index contributed by atoms with van der Waals surface area (Å²) in [5, 5.41) is 17.4. The monoisotopic (exact) mass is 888 g/mol. The van der Waals surface area contributed by atoms with Crippen LogP contribution in [-0.4, -0.2) is 113 Å². The van der Waals surface area contributed by atoms with Crippen molar-refractivity contribution in [3.8, 4) is 0 Å². The predicted octanol–water partition coefficient (Wildman–Crippen LogP) is 5.76. The summed E-state index contributed by atoms with van der Waals surface area (Å²) in [5.41, 5.74) is 0.527. The van der Waals surface area contributed by atoms with E-state index in [4.69, 9.17) is 23.8 Å². The number of hydrogen-bond acceptors (Lipinski definition) is 12. The van der Waals surface area contributed by atoms with E-state index in [1.165, 1.54) is 11.0 Å². The van der Waals surface area contributed by atoms with Crippen molar-refractivity contribution < 1.29 is 52.9 Å². The number of aliphatic hydroxyl groups excluding tert-OH is 1. The third kappa shape index (κ3) is 11.4. The van der Waals surface area contributed by atoms with Crippen molar-refractivity contribution in [2.45, 2.75) is 166 Å². The van der Waals surface area contributed by atoms with Crippen LogP contribution < -0.4 is 10.6 Å². The average Bonchev–Trinajstić information content (AvgIpc) is 3.81. The molecule has 1 saturated carbocycles. The largest absolute Gasteiger partial charge is 0.460 e. The van der Waals surface area contributed by atoms with Gasteiger partial charge in [-0.05, 0) is 74.9 Å². The number of benzene rings is 2. The number of carbonyl (C=O) groups is 5. The maximum Gasteiger partial charge on any atom is 0.327 e. The lowest BCUT2D eigenvalue weighted by Gasteiger charge is -2.48. The van der Waals surface area contributed by atoms with Gasteiger partial charge >= 0.3 is 11.9 Å². The Morgan fingerprint density at radius 3 is 2.30 bits per heavy atom. The van der Waals surface area contributed by atoms with Crippen LogP contribution in [0.25, 0.3) is 6.08 Å². The lowest BCUT2D eigenvalue weighted by Crippen LogP contribution is -2.69. The van der Waals surface area contributed by atoms with Gasteiger partial charge in [-0.25, -0.2) is 0 Å². The number of fused-ring (bicyclic) bond motifs is 4. The van der Waals surface area contributed by atoms with Crippen molar-refractivity contribution in [1.82, 2.24) is 20.6 Å². The van der Waals surface area contributed by atoms with Gasteiger partial charge < -0.3 is 39.6 Å². The molecule has 0 radical (unpaired) electrons. The van der Waals surface area contributed by atoms with Gasteiger partial charge in [0.05, 0.1) is 19.2 Å². The average molecular weight is 889 g/mol. The van der Waals surface area contributed by atoms with E-state index in [1.807, 2.05) is 24.3 Å². The Kier molecular flexibility index (Phi) is 16.1. The van der Waals surface area contributed by atoms with Gasteiger partial charge in [0, 0.05) is 58.0 Å². The third-order valence-electron chi connectivity index (χ3n) is 12.5. The number of ether oxygens (including phenoxy) is 4. The van der Waals surface area contributed by atoms with Crippen LogP contribution in [0.1, 0.15) is 132 Å². The second kappa shape index (κ2) is 21.1. The van der Waals surface area contributed by atoms with Crippen LogP contribution in [0.5, 0.6) is 0 Å². The van der Waals surface area contributed by atoms with E-state index in [9.17, 15) is 24.3 Å². The zero-order valence-electron chi connectivity index (χ0n) is 38.6. The van der Waals surface area contributed by atoms with Gasteiger partial charge in [0.15, 0.2) is 11.8 Å². The molecule has 15 nitrogen and oxygen atoms in total. The van der Waals surface area contributed by atoms with Gasteiger partial charge in [0.25, 0.3) is 5.91 Å². The molecule has 0 unspecified atom stereocenters. The highest BCUT2D eigenvalue weighted by molar-refractivity contribution is 5.95. The van der Waals surface area contributed by atoms with Crippen molar-refractivity contribution in [2.24, 2.45) is 5.41 Å². The molecule has 0 aromatic heterocycles. The molecular formula is C49H68N4O11. The topological polar surface area (TPSA) is 182 Å². The number of hydroxylamine groups is 2. The van der Waals surface area contributed by atoms with E-state index in [2.05, 4.69) is 24.5 Å². The van der Waals surface area contributed by atoms with Crippen LogP contribution in [0.15, 0.2) is 54.6 Å². The molecule has 3 heterocycles. The summed E-state index contributed by atoms with van der Waals surface area (Å²) in [6.07, 6.45) is 7.90. The molecule has 2 aromatic rings. The maximum absolute atomic E-state index is 15.0. The van der Waals surface area contributed by atoms with Gasteiger partial charge in [0.2, 0.25) is 11.8 Å². The summed E-state index contributed by atoms with van der Waals surface area (Å²) in [4.78, 5) is 75.4. The predicted molar refractivity (Wildman–Crippen MR) is 238 cm³/mol. The van der Waals surface area contributed by atoms with Crippen LogP contribution in [0.4, 0.5) is 0 Å². The van der Waals surface area contributed by atoms with E-state index >= 15 is 4.79 Å². The first kappa shape index (κ1) is 48.8. The number of nitrogens with one attached hydrogen (secondary N) is 2. The van der Waals surface area contributed by atoms with Crippen molar-refractivity contribution in [2.75, 3.05) is 20.7 Å². The van der Waals surface area contributed by atoms with Gasteiger partial charge in [-0.15, -0.1) is 0 Å². The number of unbranched alkanes of at least 4 members (excludes halogenated alkanes) is 4. The molecule has 64 heavy (non-hydrogen) atoms. The fourth-order valence-corrected chi connectivity index (χ4v) is 9.26. The molecule has 3 amide bonds. The normalized spacial score (nSPS) is 25.1. The maximum atomic E-state index is 15.0. The number of amides is 3. The molecule has 1 aliphatic carbocycles. The van der Waals surface area contributed by atoms with E-state index in [0.29, 0.717) is 24.0 Å². The smallest absolute Gasteiger partial charge is 0.327 e. The molecule has 15 heteroatoms. The van der Waals surface area contributed by atoms with Crippen LogP contribution >= 0.6 is 0 Å². The third-order valence-corrected chi connectivity index (χ3v) is 12.5. The number of esters is 2. The molecule has 7 atom stereocenters. The molecule has 3 aliphatic heterocycles. The molecule has 2 aromatic carbocycles. The Bertz CT molecular complexity index is 1990. The standard InChI is InChI=1S/C49H68N4O11/c1-8-10-12-25-48(26-13-11-9-2)62-40-37-28-49(46(59)50-29-34-15-14-16-35(27-34)44(57)51-36(31-54)22-24-39(56)61-47(3,4)5)42(45(58)60-37)53(64-43(49)41(40)63-48)30-33-19-17-32(18-20-33)21-23-38(55)52(6)7/h14-21,23,27,36-37,40-43,54H,8-13,22,24-26,28-31H2,1-7H3,(H,50,59)(H,51,57)/t36-,37+,40-,41-,42-,43+,49-/m0/s1. The highest BCUT2D eigenvalue weighted by Gasteiger charge is 2.76.